The molecule has 3 amide bonds. The van der Waals surface area contributed by atoms with Crippen molar-refractivity contribution in [3.63, 3.8) is 0 Å². The number of carbonyl (C=O) groups is 5. The molecule has 0 aliphatic heterocycles. The Bertz CT molecular complexity index is 267. The van der Waals surface area contributed by atoms with Crippen LogP contribution in [0.3, 0.4) is 0 Å². The number of imide groups is 3. The van der Waals surface area contributed by atoms with Gasteiger partial charge < -0.3 is 0 Å². The van der Waals surface area contributed by atoms with Gasteiger partial charge >= 0.3 is 11.8 Å². The summed E-state index contributed by atoms with van der Waals surface area (Å²) in [5.41, 5.74) is 0. The molecule has 0 heterocycles. The monoisotopic (exact) mass is 185 g/mol. The summed E-state index contributed by atoms with van der Waals surface area (Å²) in [6.45, 7) is 1.79. The van der Waals surface area contributed by atoms with E-state index in [1.54, 1.807) is 0 Å². The summed E-state index contributed by atoms with van der Waals surface area (Å²) >= 11 is 0. The molecular formula is C7H7NO5. The van der Waals surface area contributed by atoms with E-state index < -0.39 is 23.4 Å². The quantitative estimate of drug-likeness (QED) is 0.401. The van der Waals surface area contributed by atoms with Gasteiger partial charge in [-0.15, -0.1) is 0 Å². The van der Waals surface area contributed by atoms with Crippen LogP contribution in [0.5, 0.6) is 0 Å². The first kappa shape index (κ1) is 11.2. The van der Waals surface area contributed by atoms with Gasteiger partial charge in [-0.1, -0.05) is 0 Å². The highest BCUT2D eigenvalue weighted by Gasteiger charge is 2.26. The van der Waals surface area contributed by atoms with E-state index in [-0.39, 0.29) is 11.3 Å². The molecule has 0 aliphatic rings. The average Bonchev–Trinajstić information content (AvgIpc) is 2.04. The third-order valence-electron chi connectivity index (χ3n) is 1.15. The number of ketones is 2. The van der Waals surface area contributed by atoms with Crippen LogP contribution >= 0.6 is 0 Å². The van der Waals surface area contributed by atoms with E-state index in [9.17, 15) is 24.0 Å². The van der Waals surface area contributed by atoms with Gasteiger partial charge in [0.1, 0.15) is 0 Å². The standard InChI is InChI=1S/C7H7NO5/c1-4(10)6(12)8(3-9)7(13)5(2)11/h3H,1-2H3. The Kier molecular flexibility index (Phi) is 3.64. The number of carbonyl (C=O) groups excluding carboxylic acids is 5. The van der Waals surface area contributed by atoms with E-state index in [2.05, 4.69) is 0 Å². The zero-order valence-corrected chi connectivity index (χ0v) is 7.07. The molecule has 0 aromatic carbocycles. The van der Waals surface area contributed by atoms with Crippen molar-refractivity contribution in [2.75, 3.05) is 0 Å². The van der Waals surface area contributed by atoms with E-state index in [1.165, 1.54) is 0 Å². The minimum Gasteiger partial charge on any atom is -0.289 e. The highest BCUT2D eigenvalue weighted by molar-refractivity contribution is 6.48. The molecule has 6 heteroatoms. The second-order valence-corrected chi connectivity index (χ2v) is 2.20. The molecule has 0 aliphatic carbocycles. The maximum Gasteiger partial charge on any atom is 0.303 e. The van der Waals surface area contributed by atoms with Crippen molar-refractivity contribution in [1.29, 1.82) is 0 Å². The van der Waals surface area contributed by atoms with Gasteiger partial charge in [-0.3, -0.25) is 24.0 Å². The van der Waals surface area contributed by atoms with Crippen LogP contribution in [0.15, 0.2) is 0 Å². The normalized spacial score (nSPS) is 8.77. The Morgan fingerprint density at radius 1 is 0.923 bits per heavy atom. The van der Waals surface area contributed by atoms with Crippen LogP contribution in [-0.4, -0.2) is 34.7 Å². The van der Waals surface area contributed by atoms with E-state index in [0.717, 1.165) is 13.8 Å². The molecule has 0 aromatic heterocycles. The second-order valence-electron chi connectivity index (χ2n) is 2.20. The zero-order valence-electron chi connectivity index (χ0n) is 7.07. The van der Waals surface area contributed by atoms with Gasteiger partial charge in [-0.2, -0.15) is 0 Å². The van der Waals surface area contributed by atoms with E-state index in [1.807, 2.05) is 0 Å². The molecule has 0 unspecified atom stereocenters. The number of Topliss-reactive ketones (excluding diaryl/α,β-unsaturated/α-hetero) is 2. The Morgan fingerprint density at radius 2 is 1.23 bits per heavy atom. The number of rotatable bonds is 3. The van der Waals surface area contributed by atoms with Crippen molar-refractivity contribution in [1.82, 2.24) is 4.90 Å². The van der Waals surface area contributed by atoms with Crippen molar-refractivity contribution >= 4 is 29.8 Å². The lowest BCUT2D eigenvalue weighted by Gasteiger charge is -2.08. The van der Waals surface area contributed by atoms with Gasteiger partial charge in [0.05, 0.1) is 0 Å². The van der Waals surface area contributed by atoms with Crippen LogP contribution in [0.4, 0.5) is 0 Å². The molecule has 0 fully saturated rings. The van der Waals surface area contributed by atoms with Gasteiger partial charge in [-0.25, -0.2) is 4.90 Å². The smallest absolute Gasteiger partial charge is 0.289 e. The van der Waals surface area contributed by atoms with Crippen molar-refractivity contribution in [3.8, 4) is 0 Å². The van der Waals surface area contributed by atoms with Gasteiger partial charge in [0.25, 0.3) is 0 Å². The first-order valence-electron chi connectivity index (χ1n) is 3.26. The molecule has 0 saturated heterocycles. The largest absolute Gasteiger partial charge is 0.303 e. The second kappa shape index (κ2) is 4.24. The highest BCUT2D eigenvalue weighted by Crippen LogP contribution is 1.90. The van der Waals surface area contributed by atoms with Crippen LogP contribution in [0.2, 0.25) is 0 Å². The first-order valence-corrected chi connectivity index (χ1v) is 3.26. The minimum absolute atomic E-state index is 0.0509. The third kappa shape index (κ3) is 2.58. The first-order chi connectivity index (χ1) is 5.91. The fraction of sp³-hybridized carbons (Fsp3) is 0.286. The van der Waals surface area contributed by atoms with E-state index in [0.29, 0.717) is 0 Å². The Hall–Kier alpha value is -1.85. The molecule has 0 aromatic rings. The maximum atomic E-state index is 10.8. The van der Waals surface area contributed by atoms with Crippen molar-refractivity contribution in [2.45, 2.75) is 13.8 Å². The van der Waals surface area contributed by atoms with E-state index >= 15 is 0 Å². The molecule has 13 heavy (non-hydrogen) atoms. The number of hydrogen-bond donors (Lipinski definition) is 0. The Balaban J connectivity index is 4.81. The number of hydrogen-bond acceptors (Lipinski definition) is 5. The van der Waals surface area contributed by atoms with Crippen molar-refractivity contribution < 1.29 is 24.0 Å². The number of amides is 3. The number of nitrogens with zero attached hydrogens (tertiary/aromatic N) is 1. The lowest BCUT2D eigenvalue weighted by atomic mass is 10.3. The minimum atomic E-state index is -1.31. The molecule has 70 valence electrons. The molecule has 0 bridgehead atoms. The summed E-state index contributed by atoms with van der Waals surface area (Å²) in [5.74, 6) is -4.59. The predicted molar refractivity (Wildman–Crippen MR) is 39.3 cm³/mol. The SMILES string of the molecule is CC(=O)C(=O)N(C=O)C(=O)C(C)=O. The average molecular weight is 185 g/mol. The summed E-state index contributed by atoms with van der Waals surface area (Å²) < 4.78 is 0. The fourth-order valence-corrected chi connectivity index (χ4v) is 0.527. The van der Waals surface area contributed by atoms with Gasteiger partial charge in [-0.05, 0) is 0 Å². The van der Waals surface area contributed by atoms with Crippen molar-refractivity contribution in [3.05, 3.63) is 0 Å². The molecule has 0 rings (SSSR count). The fourth-order valence-electron chi connectivity index (χ4n) is 0.527. The van der Waals surface area contributed by atoms with Crippen LogP contribution in [0.25, 0.3) is 0 Å². The van der Waals surface area contributed by atoms with Crippen molar-refractivity contribution in [2.24, 2.45) is 0 Å². The predicted octanol–water partition coefficient (Wildman–Crippen LogP) is -1.32. The topological polar surface area (TPSA) is 88.6 Å². The maximum absolute atomic E-state index is 10.8. The van der Waals surface area contributed by atoms with Crippen LogP contribution in [-0.2, 0) is 24.0 Å². The lowest BCUT2D eigenvalue weighted by Crippen LogP contribution is -2.42. The van der Waals surface area contributed by atoms with Gasteiger partial charge in [0, 0.05) is 13.8 Å². The Morgan fingerprint density at radius 3 is 1.38 bits per heavy atom. The zero-order chi connectivity index (χ0) is 10.6. The van der Waals surface area contributed by atoms with Crippen LogP contribution in [0, 0.1) is 0 Å². The van der Waals surface area contributed by atoms with Crippen LogP contribution < -0.4 is 0 Å². The Labute approximate surface area is 73.5 Å². The molecule has 0 atom stereocenters. The summed E-state index contributed by atoms with van der Waals surface area (Å²) in [5, 5.41) is 0. The van der Waals surface area contributed by atoms with Gasteiger partial charge in [0.2, 0.25) is 18.0 Å². The lowest BCUT2D eigenvalue weighted by molar-refractivity contribution is -0.157. The molecular weight excluding hydrogens is 178 g/mol. The van der Waals surface area contributed by atoms with Crippen LogP contribution in [0.1, 0.15) is 13.8 Å². The highest BCUT2D eigenvalue weighted by atomic mass is 16.2. The molecule has 6 nitrogen and oxygen atoms in total. The van der Waals surface area contributed by atoms with Gasteiger partial charge in [0.15, 0.2) is 0 Å². The van der Waals surface area contributed by atoms with E-state index in [4.69, 9.17) is 0 Å². The molecule has 0 spiro atoms. The summed E-state index contributed by atoms with van der Waals surface area (Å²) in [7, 11) is 0. The summed E-state index contributed by atoms with van der Waals surface area (Å²) in [4.78, 5) is 52.6. The molecule has 0 N–H and O–H groups in total. The molecule has 0 radical (unpaired) electrons. The molecule has 0 saturated carbocycles. The summed E-state index contributed by atoms with van der Waals surface area (Å²) in [6.07, 6.45) is -0.159. The summed E-state index contributed by atoms with van der Waals surface area (Å²) in [6, 6.07) is 0. The third-order valence-corrected chi connectivity index (χ3v) is 1.15.